The van der Waals surface area contributed by atoms with E-state index in [0.29, 0.717) is 11.6 Å². The zero-order chi connectivity index (χ0) is 12.1. The topological polar surface area (TPSA) is 43.4 Å². The third-order valence-corrected chi connectivity index (χ3v) is 2.01. The maximum absolute atomic E-state index is 13.3. The second kappa shape index (κ2) is 5.27. The molecular formula is C12H11FN2O2. The first-order valence-electron chi connectivity index (χ1n) is 4.97. The van der Waals surface area contributed by atoms with Crippen LogP contribution in [0, 0.1) is 5.82 Å². The highest BCUT2D eigenvalue weighted by atomic mass is 19.1. The molecule has 0 unspecified atom stereocenters. The summed E-state index contributed by atoms with van der Waals surface area (Å²) in [5.74, 6) is 0.0394. The van der Waals surface area contributed by atoms with E-state index in [1.54, 1.807) is 30.3 Å². The lowest BCUT2D eigenvalue weighted by Crippen LogP contribution is -1.96. The van der Waals surface area contributed by atoms with Gasteiger partial charge in [0.25, 0.3) is 0 Å². The van der Waals surface area contributed by atoms with Crippen LogP contribution in [0.5, 0.6) is 11.6 Å². The van der Waals surface area contributed by atoms with Crippen LogP contribution in [0.15, 0.2) is 42.6 Å². The van der Waals surface area contributed by atoms with Gasteiger partial charge in [-0.3, -0.25) is 10.3 Å². The van der Waals surface area contributed by atoms with Crippen LogP contribution in [0.4, 0.5) is 10.1 Å². The molecule has 17 heavy (non-hydrogen) atoms. The fraction of sp³-hybridized carbons (Fsp3) is 0.0833. The number of aromatic nitrogens is 1. The molecule has 1 N–H and O–H groups in total. The monoisotopic (exact) mass is 234 g/mol. The van der Waals surface area contributed by atoms with E-state index in [2.05, 4.69) is 10.5 Å². The Morgan fingerprint density at radius 1 is 1.18 bits per heavy atom. The average molecular weight is 234 g/mol. The van der Waals surface area contributed by atoms with E-state index in [1.807, 2.05) is 0 Å². The number of nitrogens with one attached hydrogen (secondary N) is 1. The number of benzene rings is 1. The third-order valence-electron chi connectivity index (χ3n) is 2.01. The van der Waals surface area contributed by atoms with E-state index < -0.39 is 5.82 Å². The number of anilines is 1. The van der Waals surface area contributed by atoms with Crippen LogP contribution >= 0.6 is 0 Å². The SMILES string of the molecule is CONc1ccc(Oc2ccccc2F)nc1. The molecule has 1 aromatic carbocycles. The first kappa shape index (κ1) is 11.3. The first-order chi connectivity index (χ1) is 8.29. The summed E-state index contributed by atoms with van der Waals surface area (Å²) in [5.41, 5.74) is 3.31. The number of rotatable bonds is 4. The predicted octanol–water partition coefficient (Wildman–Crippen LogP) is 2.99. The highest BCUT2D eigenvalue weighted by Gasteiger charge is 2.03. The van der Waals surface area contributed by atoms with Gasteiger partial charge in [-0.2, -0.15) is 0 Å². The molecule has 0 saturated heterocycles. The van der Waals surface area contributed by atoms with Gasteiger partial charge in [-0.1, -0.05) is 12.1 Å². The maximum atomic E-state index is 13.3. The molecule has 0 bridgehead atoms. The number of ether oxygens (including phenoxy) is 1. The Bertz CT molecular complexity index is 488. The summed E-state index contributed by atoms with van der Waals surface area (Å²) in [7, 11) is 1.50. The van der Waals surface area contributed by atoms with E-state index in [-0.39, 0.29) is 5.75 Å². The van der Waals surface area contributed by atoms with Crippen molar-refractivity contribution in [1.82, 2.24) is 4.98 Å². The molecule has 0 atom stereocenters. The number of hydrogen-bond donors (Lipinski definition) is 1. The standard InChI is InChI=1S/C12H11FN2O2/c1-16-15-9-6-7-12(14-8-9)17-11-5-3-2-4-10(11)13/h2-8,15H,1H3. The number of para-hydroxylation sites is 1. The summed E-state index contributed by atoms with van der Waals surface area (Å²) in [6, 6.07) is 9.50. The molecule has 0 aliphatic heterocycles. The molecule has 4 nitrogen and oxygen atoms in total. The zero-order valence-corrected chi connectivity index (χ0v) is 9.18. The zero-order valence-electron chi connectivity index (χ0n) is 9.18. The molecule has 1 heterocycles. The van der Waals surface area contributed by atoms with Gasteiger partial charge in [-0.25, -0.2) is 9.37 Å². The lowest BCUT2D eigenvalue weighted by molar-refractivity contribution is 0.270. The van der Waals surface area contributed by atoms with E-state index in [9.17, 15) is 4.39 Å². The number of pyridine rings is 1. The quantitative estimate of drug-likeness (QED) is 0.826. The highest BCUT2D eigenvalue weighted by Crippen LogP contribution is 2.22. The van der Waals surface area contributed by atoms with Crippen molar-refractivity contribution in [2.45, 2.75) is 0 Å². The number of nitrogens with zero attached hydrogens (tertiary/aromatic N) is 1. The summed E-state index contributed by atoms with van der Waals surface area (Å²) in [6.07, 6.45) is 1.53. The number of halogens is 1. The Labute approximate surface area is 98.0 Å². The lowest BCUT2D eigenvalue weighted by atomic mass is 10.3. The van der Waals surface area contributed by atoms with E-state index in [1.165, 1.54) is 19.4 Å². The van der Waals surface area contributed by atoms with Gasteiger partial charge >= 0.3 is 0 Å². The minimum Gasteiger partial charge on any atom is -0.436 e. The van der Waals surface area contributed by atoms with Crippen LogP contribution in [-0.4, -0.2) is 12.1 Å². The van der Waals surface area contributed by atoms with Gasteiger partial charge in [0, 0.05) is 6.07 Å². The summed E-state index contributed by atoms with van der Waals surface area (Å²) in [4.78, 5) is 8.72. The largest absolute Gasteiger partial charge is 0.436 e. The van der Waals surface area contributed by atoms with Crippen molar-refractivity contribution in [3.05, 3.63) is 48.4 Å². The Hall–Kier alpha value is -2.14. The molecular weight excluding hydrogens is 223 g/mol. The molecule has 0 spiro atoms. The first-order valence-corrected chi connectivity index (χ1v) is 4.97. The van der Waals surface area contributed by atoms with Crippen LogP contribution in [0.3, 0.4) is 0 Å². The summed E-state index contributed by atoms with van der Waals surface area (Å²) in [5, 5.41) is 0. The maximum Gasteiger partial charge on any atom is 0.219 e. The van der Waals surface area contributed by atoms with Gasteiger partial charge in [0.05, 0.1) is 19.0 Å². The fourth-order valence-corrected chi connectivity index (χ4v) is 1.26. The molecule has 0 fully saturated rings. The fourth-order valence-electron chi connectivity index (χ4n) is 1.26. The van der Waals surface area contributed by atoms with Crippen molar-refractivity contribution in [3.63, 3.8) is 0 Å². The van der Waals surface area contributed by atoms with Crippen molar-refractivity contribution in [2.24, 2.45) is 0 Å². The van der Waals surface area contributed by atoms with Gasteiger partial charge in [-0.05, 0) is 18.2 Å². The Kier molecular flexibility index (Phi) is 3.52. The van der Waals surface area contributed by atoms with Crippen LogP contribution < -0.4 is 10.2 Å². The van der Waals surface area contributed by atoms with Crippen molar-refractivity contribution in [2.75, 3.05) is 12.6 Å². The van der Waals surface area contributed by atoms with E-state index in [0.717, 1.165) is 0 Å². The van der Waals surface area contributed by atoms with Crippen molar-refractivity contribution < 1.29 is 14.0 Å². The molecule has 0 aliphatic rings. The van der Waals surface area contributed by atoms with Gasteiger partial charge < -0.3 is 4.74 Å². The average Bonchev–Trinajstić information content (AvgIpc) is 2.35. The minimum absolute atomic E-state index is 0.146. The van der Waals surface area contributed by atoms with Crippen molar-refractivity contribution in [3.8, 4) is 11.6 Å². The van der Waals surface area contributed by atoms with Gasteiger partial charge in [0.1, 0.15) is 0 Å². The van der Waals surface area contributed by atoms with Gasteiger partial charge in [-0.15, -0.1) is 0 Å². The normalized spacial score (nSPS) is 10.0. The van der Waals surface area contributed by atoms with Gasteiger partial charge in [0.15, 0.2) is 11.6 Å². The van der Waals surface area contributed by atoms with Crippen LogP contribution in [0.2, 0.25) is 0 Å². The molecule has 0 saturated carbocycles. The molecule has 5 heteroatoms. The molecule has 0 amide bonds. The summed E-state index contributed by atoms with van der Waals surface area (Å²) < 4.78 is 18.6. The van der Waals surface area contributed by atoms with E-state index in [4.69, 9.17) is 9.57 Å². The van der Waals surface area contributed by atoms with Crippen molar-refractivity contribution in [1.29, 1.82) is 0 Å². The number of hydrogen-bond acceptors (Lipinski definition) is 4. The van der Waals surface area contributed by atoms with Gasteiger partial charge in [0.2, 0.25) is 5.88 Å². The molecule has 0 radical (unpaired) electrons. The second-order valence-corrected chi connectivity index (χ2v) is 3.22. The molecule has 2 aromatic rings. The van der Waals surface area contributed by atoms with Crippen LogP contribution in [0.25, 0.3) is 0 Å². The lowest BCUT2D eigenvalue weighted by Gasteiger charge is -2.06. The smallest absolute Gasteiger partial charge is 0.219 e. The Balaban J connectivity index is 2.11. The third kappa shape index (κ3) is 2.92. The molecule has 88 valence electrons. The van der Waals surface area contributed by atoms with Crippen LogP contribution in [-0.2, 0) is 4.84 Å². The Morgan fingerprint density at radius 3 is 2.65 bits per heavy atom. The highest BCUT2D eigenvalue weighted by molar-refractivity contribution is 5.40. The molecule has 2 rings (SSSR count). The second-order valence-electron chi connectivity index (χ2n) is 3.22. The van der Waals surface area contributed by atoms with Crippen molar-refractivity contribution >= 4 is 5.69 Å². The molecule has 0 aliphatic carbocycles. The minimum atomic E-state index is -0.423. The summed E-state index contributed by atoms with van der Waals surface area (Å²) in [6.45, 7) is 0. The summed E-state index contributed by atoms with van der Waals surface area (Å²) >= 11 is 0. The molecule has 1 aromatic heterocycles. The van der Waals surface area contributed by atoms with E-state index >= 15 is 0 Å². The van der Waals surface area contributed by atoms with Crippen LogP contribution in [0.1, 0.15) is 0 Å². The Morgan fingerprint density at radius 2 is 2.00 bits per heavy atom. The predicted molar refractivity (Wildman–Crippen MR) is 61.3 cm³/mol.